The third-order valence-corrected chi connectivity index (χ3v) is 4.02. The number of hydrogen-bond acceptors (Lipinski definition) is 6. The van der Waals surface area contributed by atoms with E-state index in [-0.39, 0.29) is 12.1 Å². The van der Waals surface area contributed by atoms with Gasteiger partial charge in [-0.1, -0.05) is 18.2 Å². The minimum absolute atomic E-state index is 0.336. The summed E-state index contributed by atoms with van der Waals surface area (Å²) in [5, 5.41) is 3.04. The quantitative estimate of drug-likeness (QED) is 0.655. The highest BCUT2D eigenvalue weighted by Crippen LogP contribution is 2.24. The normalized spacial score (nSPS) is 10.5. The number of carbonyl (C=O) groups is 2. The highest BCUT2D eigenvalue weighted by atomic mass is 16.5. The minimum Gasteiger partial charge on any atom is -0.495 e. The van der Waals surface area contributed by atoms with E-state index in [1.165, 1.54) is 13.4 Å². The predicted octanol–water partition coefficient (Wildman–Crippen LogP) is 1.90. The van der Waals surface area contributed by atoms with Crippen molar-refractivity contribution in [3.63, 3.8) is 0 Å². The summed E-state index contributed by atoms with van der Waals surface area (Å²) in [5.74, 6) is -0.731. The average molecular weight is 381 g/mol. The number of para-hydroxylation sites is 1. The Morgan fingerprint density at radius 2 is 1.96 bits per heavy atom. The highest BCUT2D eigenvalue weighted by Gasteiger charge is 2.13. The van der Waals surface area contributed by atoms with E-state index in [0.29, 0.717) is 22.3 Å². The summed E-state index contributed by atoms with van der Waals surface area (Å²) >= 11 is 0. The van der Waals surface area contributed by atoms with E-state index in [1.807, 2.05) is 13.0 Å². The molecule has 0 saturated carbocycles. The van der Waals surface area contributed by atoms with E-state index >= 15 is 0 Å². The van der Waals surface area contributed by atoms with Crippen molar-refractivity contribution in [1.29, 1.82) is 0 Å². The number of anilines is 1. The van der Waals surface area contributed by atoms with Crippen LogP contribution >= 0.6 is 0 Å². The van der Waals surface area contributed by atoms with Crippen molar-refractivity contribution in [1.82, 2.24) is 9.55 Å². The first kappa shape index (κ1) is 19.1. The van der Waals surface area contributed by atoms with Crippen LogP contribution < -0.4 is 15.6 Å². The lowest BCUT2D eigenvalue weighted by Crippen LogP contribution is -2.28. The number of methoxy groups -OCH3 is 1. The van der Waals surface area contributed by atoms with Gasteiger partial charge in [0.25, 0.3) is 11.5 Å². The number of esters is 1. The van der Waals surface area contributed by atoms with Gasteiger partial charge in [-0.25, -0.2) is 4.98 Å². The fourth-order valence-corrected chi connectivity index (χ4v) is 2.66. The number of nitrogens with zero attached hydrogens (tertiary/aromatic N) is 2. The number of aryl methyl sites for hydroxylation is 1. The second kappa shape index (κ2) is 8.34. The Balaban J connectivity index is 1.60. The van der Waals surface area contributed by atoms with Crippen molar-refractivity contribution < 1.29 is 19.1 Å². The largest absolute Gasteiger partial charge is 0.495 e. The topological polar surface area (TPSA) is 99.5 Å². The Hall–Kier alpha value is -3.68. The highest BCUT2D eigenvalue weighted by molar-refractivity contribution is 5.94. The molecule has 0 fully saturated rings. The summed E-state index contributed by atoms with van der Waals surface area (Å²) < 4.78 is 11.3. The van der Waals surface area contributed by atoms with Gasteiger partial charge >= 0.3 is 5.97 Å². The average Bonchev–Trinajstić information content (AvgIpc) is 2.69. The number of nitrogens with one attached hydrogen (secondary N) is 1. The Kier molecular flexibility index (Phi) is 5.69. The first-order chi connectivity index (χ1) is 13.5. The number of carbonyl (C=O) groups excluding carboxylic acids is 2. The number of hydrogen-bond donors (Lipinski definition) is 1. The second-order valence-electron chi connectivity index (χ2n) is 6.11. The maximum Gasteiger partial charge on any atom is 0.326 e. The zero-order valence-electron chi connectivity index (χ0n) is 15.5. The van der Waals surface area contributed by atoms with Gasteiger partial charge in [-0.2, -0.15) is 0 Å². The van der Waals surface area contributed by atoms with Crippen molar-refractivity contribution in [3.8, 4) is 5.75 Å². The van der Waals surface area contributed by atoms with Gasteiger partial charge in [0.15, 0.2) is 6.61 Å². The molecule has 0 atom stereocenters. The number of amides is 1. The molecular formula is C20H19N3O5. The van der Waals surface area contributed by atoms with Gasteiger partial charge in [0.1, 0.15) is 12.3 Å². The molecule has 1 heterocycles. The summed E-state index contributed by atoms with van der Waals surface area (Å²) in [6.07, 6.45) is 1.28. The summed E-state index contributed by atoms with van der Waals surface area (Å²) in [6.45, 7) is 1.06. The number of rotatable bonds is 6. The van der Waals surface area contributed by atoms with Crippen LogP contribution in [0.2, 0.25) is 0 Å². The van der Waals surface area contributed by atoms with Crippen LogP contribution in [0.3, 0.4) is 0 Å². The molecular weight excluding hydrogens is 362 g/mol. The van der Waals surface area contributed by atoms with Gasteiger partial charge in [0, 0.05) is 0 Å². The van der Waals surface area contributed by atoms with Crippen LogP contribution in [0.4, 0.5) is 5.69 Å². The lowest BCUT2D eigenvalue weighted by atomic mass is 10.2. The van der Waals surface area contributed by atoms with Crippen molar-refractivity contribution in [3.05, 3.63) is 64.7 Å². The number of aromatic nitrogens is 2. The van der Waals surface area contributed by atoms with Crippen molar-refractivity contribution in [2.75, 3.05) is 19.0 Å². The molecule has 28 heavy (non-hydrogen) atoms. The molecule has 8 nitrogen and oxygen atoms in total. The van der Waals surface area contributed by atoms with E-state index in [2.05, 4.69) is 10.3 Å². The van der Waals surface area contributed by atoms with E-state index in [9.17, 15) is 14.4 Å². The molecule has 1 aromatic heterocycles. The number of benzene rings is 2. The van der Waals surface area contributed by atoms with Gasteiger partial charge in [-0.3, -0.25) is 19.0 Å². The smallest absolute Gasteiger partial charge is 0.326 e. The molecule has 0 radical (unpaired) electrons. The van der Waals surface area contributed by atoms with E-state index in [0.717, 1.165) is 10.1 Å². The first-order valence-electron chi connectivity index (χ1n) is 8.52. The Bertz CT molecular complexity index is 1090. The Labute approximate surface area is 160 Å². The molecule has 1 N–H and O–H groups in total. The maximum atomic E-state index is 12.4. The fraction of sp³-hybridized carbons (Fsp3) is 0.200. The van der Waals surface area contributed by atoms with Crippen LogP contribution in [0.1, 0.15) is 5.56 Å². The van der Waals surface area contributed by atoms with Crippen molar-refractivity contribution in [2.24, 2.45) is 0 Å². The molecule has 3 aromatic rings. The predicted molar refractivity (Wildman–Crippen MR) is 103 cm³/mol. The monoisotopic (exact) mass is 381 g/mol. The van der Waals surface area contributed by atoms with E-state index < -0.39 is 18.5 Å². The third kappa shape index (κ3) is 4.35. The summed E-state index contributed by atoms with van der Waals surface area (Å²) in [6, 6.07) is 12.2. The maximum absolute atomic E-state index is 12.4. The first-order valence-corrected chi connectivity index (χ1v) is 8.52. The Morgan fingerprint density at radius 1 is 1.18 bits per heavy atom. The molecule has 0 saturated heterocycles. The molecule has 0 bridgehead atoms. The SMILES string of the molecule is COc1ccc(C)cc1NC(=O)COC(=O)Cn1cnc2ccccc2c1=O. The zero-order chi connectivity index (χ0) is 20.1. The molecule has 144 valence electrons. The molecule has 3 rings (SSSR count). The Morgan fingerprint density at radius 3 is 2.75 bits per heavy atom. The zero-order valence-corrected chi connectivity index (χ0v) is 15.5. The van der Waals surface area contributed by atoms with E-state index in [4.69, 9.17) is 9.47 Å². The van der Waals surface area contributed by atoms with Gasteiger partial charge < -0.3 is 14.8 Å². The van der Waals surface area contributed by atoms with Crippen LogP contribution in [0.25, 0.3) is 10.9 Å². The van der Waals surface area contributed by atoms with Gasteiger partial charge in [-0.05, 0) is 36.8 Å². The summed E-state index contributed by atoms with van der Waals surface area (Å²) in [4.78, 5) is 40.6. The van der Waals surface area contributed by atoms with E-state index in [1.54, 1.807) is 36.4 Å². The molecule has 0 aliphatic carbocycles. The summed E-state index contributed by atoms with van der Waals surface area (Å²) in [5.41, 5.74) is 1.62. The van der Waals surface area contributed by atoms with Crippen LogP contribution in [-0.2, 0) is 20.9 Å². The third-order valence-electron chi connectivity index (χ3n) is 4.02. The molecule has 0 aliphatic heterocycles. The molecule has 0 aliphatic rings. The molecule has 1 amide bonds. The number of ether oxygens (including phenoxy) is 2. The standard InChI is InChI=1S/C20H19N3O5/c1-13-7-8-17(27-2)16(9-13)22-18(24)11-28-19(25)10-23-12-21-15-6-4-3-5-14(15)20(23)26/h3-9,12H,10-11H2,1-2H3,(H,22,24). The fourth-order valence-electron chi connectivity index (χ4n) is 2.66. The summed E-state index contributed by atoms with van der Waals surface area (Å²) in [7, 11) is 1.50. The molecule has 8 heteroatoms. The van der Waals surface area contributed by atoms with Crippen LogP contribution in [0.5, 0.6) is 5.75 Å². The lowest BCUT2D eigenvalue weighted by molar-refractivity contribution is -0.147. The molecule has 2 aromatic carbocycles. The number of fused-ring (bicyclic) bond motifs is 1. The van der Waals surface area contributed by atoms with Gasteiger partial charge in [0.05, 0.1) is 30.0 Å². The van der Waals surface area contributed by atoms with Crippen molar-refractivity contribution in [2.45, 2.75) is 13.5 Å². The molecule has 0 spiro atoms. The lowest BCUT2D eigenvalue weighted by Gasteiger charge is -2.11. The van der Waals surface area contributed by atoms with Crippen molar-refractivity contribution >= 4 is 28.5 Å². The molecule has 0 unspecified atom stereocenters. The van der Waals surface area contributed by atoms with Gasteiger partial charge in [-0.15, -0.1) is 0 Å². The van der Waals surface area contributed by atoms with Crippen LogP contribution in [0, 0.1) is 6.92 Å². The second-order valence-corrected chi connectivity index (χ2v) is 6.11. The van der Waals surface area contributed by atoms with Gasteiger partial charge in [0.2, 0.25) is 0 Å². The van der Waals surface area contributed by atoms with Crippen LogP contribution in [-0.4, -0.2) is 35.1 Å². The van der Waals surface area contributed by atoms with Crippen LogP contribution in [0.15, 0.2) is 53.6 Å². The minimum atomic E-state index is -0.717.